The molecule has 0 bridgehead atoms. The van der Waals surface area contributed by atoms with Crippen molar-refractivity contribution in [2.24, 2.45) is 0 Å². The van der Waals surface area contributed by atoms with Gasteiger partial charge in [0.25, 0.3) is 0 Å². The number of hydrogen-bond acceptors (Lipinski definition) is 7. The van der Waals surface area contributed by atoms with E-state index in [0.717, 1.165) is 43.1 Å². The number of aliphatic hydroxyl groups is 1. The fourth-order valence-electron chi connectivity index (χ4n) is 3.32. The van der Waals surface area contributed by atoms with Crippen LogP contribution in [0.25, 0.3) is 16.6 Å². The average molecular weight is 415 g/mol. The van der Waals surface area contributed by atoms with E-state index in [0.29, 0.717) is 16.8 Å². The van der Waals surface area contributed by atoms with Gasteiger partial charge < -0.3 is 20.1 Å². The first-order chi connectivity index (χ1) is 13.7. The van der Waals surface area contributed by atoms with Gasteiger partial charge in [-0.05, 0) is 25.1 Å². The van der Waals surface area contributed by atoms with Crippen molar-refractivity contribution in [3.05, 3.63) is 42.4 Å². The van der Waals surface area contributed by atoms with Crippen LogP contribution in [-0.2, 0) is 0 Å². The Hall–Kier alpha value is -2.86. The number of ether oxygens (including phenoxy) is 1. The minimum atomic E-state index is -0.577. The average Bonchev–Trinajstić information content (AvgIpc) is 3.15. The number of piperazine rings is 1. The number of aliphatic hydroxyl groups excluding tert-OH is 1. The van der Waals surface area contributed by atoms with Crippen LogP contribution >= 0.6 is 12.4 Å². The number of halogens is 1. The highest BCUT2D eigenvalue weighted by atomic mass is 35.5. The summed E-state index contributed by atoms with van der Waals surface area (Å²) in [5.74, 6) is 1.51. The smallest absolute Gasteiger partial charge is 0.138 e. The zero-order valence-electron chi connectivity index (χ0n) is 16.1. The maximum atomic E-state index is 9.50. The lowest BCUT2D eigenvalue weighted by atomic mass is 10.1. The first-order valence-electron chi connectivity index (χ1n) is 9.30. The van der Waals surface area contributed by atoms with Crippen LogP contribution in [0.4, 0.5) is 5.82 Å². The van der Waals surface area contributed by atoms with Crippen molar-refractivity contribution in [2.45, 2.75) is 13.0 Å². The van der Waals surface area contributed by atoms with Gasteiger partial charge >= 0.3 is 0 Å². The molecule has 4 rings (SSSR count). The number of anilines is 1. The van der Waals surface area contributed by atoms with Crippen LogP contribution in [0.15, 0.2) is 36.8 Å². The van der Waals surface area contributed by atoms with Gasteiger partial charge in [0.15, 0.2) is 0 Å². The summed E-state index contributed by atoms with van der Waals surface area (Å²) in [5.41, 5.74) is 2.90. The summed E-state index contributed by atoms with van der Waals surface area (Å²) in [6.45, 7) is 5.61. The highest BCUT2D eigenvalue weighted by Gasteiger charge is 2.16. The van der Waals surface area contributed by atoms with E-state index in [4.69, 9.17) is 4.74 Å². The topological polar surface area (TPSA) is 98.7 Å². The third kappa shape index (κ3) is 4.43. The van der Waals surface area contributed by atoms with Crippen LogP contribution in [0.1, 0.15) is 12.5 Å². The van der Waals surface area contributed by atoms with Gasteiger partial charge in [-0.1, -0.05) is 0 Å². The Labute approximate surface area is 175 Å². The Morgan fingerprint density at radius 1 is 1.31 bits per heavy atom. The van der Waals surface area contributed by atoms with Gasteiger partial charge in [0.1, 0.15) is 24.2 Å². The summed E-state index contributed by atoms with van der Waals surface area (Å²) < 4.78 is 7.30. The standard InChI is InChI=1S/C20H22N6O2.ClH/c1-14(27)13-28-17-8-18(20-16(9-21)11-24-26(20)12-17)15-2-3-19(23-10-15)25-6-4-22-5-7-25;/h2-3,8,10-12,14,22,27H,4-7,13H2,1H3;1H. The second-order valence-electron chi connectivity index (χ2n) is 6.85. The number of nitrogens with zero attached hydrogens (tertiary/aromatic N) is 5. The van der Waals surface area contributed by atoms with Crippen molar-refractivity contribution in [1.29, 1.82) is 5.26 Å². The van der Waals surface area contributed by atoms with Gasteiger partial charge in [-0.15, -0.1) is 12.4 Å². The molecule has 1 aliphatic heterocycles. The first-order valence-corrected chi connectivity index (χ1v) is 9.30. The number of fused-ring (bicyclic) bond motifs is 1. The molecule has 0 aliphatic carbocycles. The molecule has 1 atom stereocenters. The lowest BCUT2D eigenvalue weighted by Crippen LogP contribution is -2.43. The summed E-state index contributed by atoms with van der Waals surface area (Å²) in [6, 6.07) is 8.07. The molecule has 1 fully saturated rings. The van der Waals surface area contributed by atoms with Gasteiger partial charge in [-0.2, -0.15) is 10.4 Å². The SMILES string of the molecule is CC(O)COc1cc(-c2ccc(N3CCNCC3)nc2)c2c(C#N)cnn2c1.Cl. The minimum absolute atomic E-state index is 0. The Morgan fingerprint density at radius 3 is 2.76 bits per heavy atom. The molecule has 1 unspecified atom stereocenters. The summed E-state index contributed by atoms with van der Waals surface area (Å²) in [4.78, 5) is 6.88. The maximum Gasteiger partial charge on any atom is 0.138 e. The van der Waals surface area contributed by atoms with Crippen LogP contribution in [0.3, 0.4) is 0 Å². The lowest BCUT2D eigenvalue weighted by molar-refractivity contribution is 0.122. The zero-order valence-corrected chi connectivity index (χ0v) is 16.9. The van der Waals surface area contributed by atoms with E-state index in [1.165, 1.54) is 0 Å². The van der Waals surface area contributed by atoms with Crippen molar-refractivity contribution in [3.63, 3.8) is 0 Å². The minimum Gasteiger partial charge on any atom is -0.489 e. The summed E-state index contributed by atoms with van der Waals surface area (Å²) in [6.07, 6.45) is 4.50. The Morgan fingerprint density at radius 2 is 2.10 bits per heavy atom. The molecule has 4 heterocycles. The van der Waals surface area contributed by atoms with Crippen molar-refractivity contribution in [1.82, 2.24) is 19.9 Å². The summed E-state index contributed by atoms with van der Waals surface area (Å²) in [5, 5.41) is 26.6. The predicted octanol–water partition coefficient (Wildman–Crippen LogP) is 1.86. The van der Waals surface area contributed by atoms with E-state index >= 15 is 0 Å². The van der Waals surface area contributed by atoms with Gasteiger partial charge in [0, 0.05) is 43.5 Å². The molecule has 3 aromatic rings. The molecular formula is C20H23ClN6O2. The number of nitriles is 1. The molecule has 1 aliphatic rings. The van der Waals surface area contributed by atoms with Gasteiger partial charge in [0.05, 0.1) is 29.6 Å². The summed E-state index contributed by atoms with van der Waals surface area (Å²) >= 11 is 0. The van der Waals surface area contributed by atoms with Crippen molar-refractivity contribution >= 4 is 23.7 Å². The number of hydrogen-bond donors (Lipinski definition) is 2. The fraction of sp³-hybridized carbons (Fsp3) is 0.350. The fourth-order valence-corrected chi connectivity index (χ4v) is 3.32. The highest BCUT2D eigenvalue weighted by Crippen LogP contribution is 2.31. The van der Waals surface area contributed by atoms with Crippen LogP contribution < -0.4 is 15.0 Å². The molecule has 8 nitrogen and oxygen atoms in total. The summed E-state index contributed by atoms with van der Waals surface area (Å²) in [7, 11) is 0. The maximum absolute atomic E-state index is 9.50. The Kier molecular flexibility index (Phi) is 6.54. The molecule has 3 aromatic heterocycles. The third-order valence-corrected chi connectivity index (χ3v) is 4.70. The van der Waals surface area contributed by atoms with Gasteiger partial charge in [-0.3, -0.25) is 0 Å². The van der Waals surface area contributed by atoms with Crippen molar-refractivity contribution < 1.29 is 9.84 Å². The van der Waals surface area contributed by atoms with Crippen LogP contribution in [-0.4, -0.2) is 58.6 Å². The van der Waals surface area contributed by atoms with Crippen LogP contribution in [0, 0.1) is 11.3 Å². The monoisotopic (exact) mass is 414 g/mol. The van der Waals surface area contributed by atoms with Crippen LogP contribution in [0.2, 0.25) is 0 Å². The van der Waals surface area contributed by atoms with E-state index in [2.05, 4.69) is 26.4 Å². The van der Waals surface area contributed by atoms with Gasteiger partial charge in [-0.25, -0.2) is 9.50 Å². The van der Waals surface area contributed by atoms with Crippen molar-refractivity contribution in [3.8, 4) is 22.9 Å². The van der Waals surface area contributed by atoms with Crippen LogP contribution in [0.5, 0.6) is 5.75 Å². The molecule has 9 heteroatoms. The third-order valence-electron chi connectivity index (χ3n) is 4.70. The molecule has 0 radical (unpaired) electrons. The molecule has 1 saturated heterocycles. The lowest BCUT2D eigenvalue weighted by Gasteiger charge is -2.28. The Bertz CT molecular complexity index is 1010. The highest BCUT2D eigenvalue weighted by molar-refractivity contribution is 5.85. The van der Waals surface area contributed by atoms with E-state index in [1.54, 1.807) is 23.8 Å². The molecular weight excluding hydrogens is 392 g/mol. The second kappa shape index (κ2) is 9.09. The number of nitrogens with one attached hydrogen (secondary N) is 1. The molecule has 29 heavy (non-hydrogen) atoms. The number of rotatable bonds is 5. The van der Waals surface area contributed by atoms with E-state index in [1.807, 2.05) is 24.4 Å². The largest absolute Gasteiger partial charge is 0.489 e. The molecule has 0 amide bonds. The molecule has 152 valence electrons. The first kappa shape index (κ1) is 20.9. The molecule has 2 N–H and O–H groups in total. The van der Waals surface area contributed by atoms with E-state index in [9.17, 15) is 10.4 Å². The molecule has 0 aromatic carbocycles. The molecule has 0 spiro atoms. The van der Waals surface area contributed by atoms with Crippen molar-refractivity contribution in [2.75, 3.05) is 37.7 Å². The number of aromatic nitrogens is 3. The predicted molar refractivity (Wildman–Crippen MR) is 113 cm³/mol. The quantitative estimate of drug-likeness (QED) is 0.657. The zero-order chi connectivity index (χ0) is 19.5. The van der Waals surface area contributed by atoms with E-state index in [-0.39, 0.29) is 19.0 Å². The van der Waals surface area contributed by atoms with E-state index < -0.39 is 6.10 Å². The Balaban J connectivity index is 0.00000240. The normalized spacial score (nSPS) is 14.9. The molecule has 0 saturated carbocycles. The van der Waals surface area contributed by atoms with Gasteiger partial charge in [0.2, 0.25) is 0 Å². The number of pyridine rings is 2. The second-order valence-corrected chi connectivity index (χ2v) is 6.85.